The SMILES string of the molecule is Cc1nn(C)c(Cl)c1CNCC(O)c1cc2ccccc2s1. The smallest absolute Gasteiger partial charge is 0.131 e. The molecule has 0 aliphatic heterocycles. The van der Waals surface area contributed by atoms with Crippen molar-refractivity contribution < 1.29 is 5.11 Å². The number of aryl methyl sites for hydroxylation is 2. The molecular formula is C16H18ClN3OS. The lowest BCUT2D eigenvalue weighted by Gasteiger charge is -2.10. The van der Waals surface area contributed by atoms with Crippen molar-refractivity contribution in [3.63, 3.8) is 0 Å². The lowest BCUT2D eigenvalue weighted by atomic mass is 10.2. The third kappa shape index (κ3) is 3.03. The highest BCUT2D eigenvalue weighted by Gasteiger charge is 2.14. The highest BCUT2D eigenvalue weighted by atomic mass is 35.5. The zero-order valence-corrected chi connectivity index (χ0v) is 14.1. The first-order valence-corrected chi connectivity index (χ1v) is 8.31. The molecule has 0 aliphatic carbocycles. The van der Waals surface area contributed by atoms with E-state index in [-0.39, 0.29) is 0 Å². The van der Waals surface area contributed by atoms with E-state index in [4.69, 9.17) is 11.6 Å². The fraction of sp³-hybridized carbons (Fsp3) is 0.312. The third-order valence-corrected chi connectivity index (χ3v) is 5.37. The summed E-state index contributed by atoms with van der Waals surface area (Å²) in [5.41, 5.74) is 1.89. The molecule has 116 valence electrons. The van der Waals surface area contributed by atoms with Gasteiger partial charge < -0.3 is 10.4 Å². The Morgan fingerprint density at radius 1 is 1.41 bits per heavy atom. The molecule has 0 spiro atoms. The van der Waals surface area contributed by atoms with Crippen molar-refractivity contribution in [3.05, 3.63) is 51.6 Å². The molecule has 0 saturated heterocycles. The van der Waals surface area contributed by atoms with Crippen LogP contribution < -0.4 is 5.32 Å². The molecule has 0 fully saturated rings. The van der Waals surface area contributed by atoms with E-state index >= 15 is 0 Å². The summed E-state index contributed by atoms with van der Waals surface area (Å²) in [6.45, 7) is 3.02. The van der Waals surface area contributed by atoms with E-state index in [1.54, 1.807) is 16.0 Å². The van der Waals surface area contributed by atoms with Gasteiger partial charge in [0.15, 0.2) is 0 Å². The van der Waals surface area contributed by atoms with Crippen molar-refractivity contribution in [2.24, 2.45) is 7.05 Å². The average molecular weight is 336 g/mol. The fourth-order valence-electron chi connectivity index (χ4n) is 2.48. The lowest BCUT2D eigenvalue weighted by Crippen LogP contribution is -2.20. The Morgan fingerprint density at radius 3 is 2.86 bits per heavy atom. The number of aromatic nitrogens is 2. The van der Waals surface area contributed by atoms with Crippen LogP contribution in [0.1, 0.15) is 22.2 Å². The molecule has 3 aromatic rings. The first-order valence-electron chi connectivity index (χ1n) is 7.11. The number of aliphatic hydroxyl groups excluding tert-OH is 1. The summed E-state index contributed by atoms with van der Waals surface area (Å²) < 4.78 is 2.86. The monoisotopic (exact) mass is 335 g/mol. The number of hydrogen-bond acceptors (Lipinski definition) is 4. The number of aliphatic hydroxyl groups is 1. The second-order valence-electron chi connectivity index (χ2n) is 5.31. The predicted octanol–water partition coefficient (Wildman–Crippen LogP) is 3.42. The van der Waals surface area contributed by atoms with Gasteiger partial charge in [-0.2, -0.15) is 5.10 Å². The topological polar surface area (TPSA) is 50.1 Å². The quantitative estimate of drug-likeness (QED) is 0.751. The lowest BCUT2D eigenvalue weighted by molar-refractivity contribution is 0.178. The van der Waals surface area contributed by atoms with Gasteiger partial charge >= 0.3 is 0 Å². The number of fused-ring (bicyclic) bond motifs is 1. The zero-order valence-electron chi connectivity index (χ0n) is 12.5. The summed E-state index contributed by atoms with van der Waals surface area (Å²) in [6, 6.07) is 10.2. The maximum absolute atomic E-state index is 10.3. The maximum Gasteiger partial charge on any atom is 0.131 e. The van der Waals surface area contributed by atoms with Gasteiger partial charge in [0, 0.05) is 35.3 Å². The molecule has 2 N–H and O–H groups in total. The van der Waals surface area contributed by atoms with E-state index in [1.165, 1.54) is 10.1 Å². The van der Waals surface area contributed by atoms with Crippen LogP contribution in [0.15, 0.2) is 30.3 Å². The van der Waals surface area contributed by atoms with E-state index in [0.29, 0.717) is 18.2 Å². The molecule has 1 atom stereocenters. The van der Waals surface area contributed by atoms with Crippen LogP contribution in [-0.4, -0.2) is 21.4 Å². The molecule has 1 aromatic carbocycles. The van der Waals surface area contributed by atoms with Crippen molar-refractivity contribution in [3.8, 4) is 0 Å². The number of halogens is 1. The Balaban J connectivity index is 1.63. The Labute approximate surface area is 138 Å². The summed E-state index contributed by atoms with van der Waals surface area (Å²) in [4.78, 5) is 0.975. The Bertz CT molecular complexity index is 763. The number of nitrogens with one attached hydrogen (secondary N) is 1. The van der Waals surface area contributed by atoms with Gasteiger partial charge in [-0.3, -0.25) is 4.68 Å². The molecule has 3 rings (SSSR count). The van der Waals surface area contributed by atoms with Gasteiger partial charge in [-0.25, -0.2) is 0 Å². The highest BCUT2D eigenvalue weighted by Crippen LogP contribution is 2.29. The van der Waals surface area contributed by atoms with Crippen molar-refractivity contribution in [2.45, 2.75) is 19.6 Å². The number of thiophene rings is 1. The minimum atomic E-state index is -0.520. The predicted molar refractivity (Wildman–Crippen MR) is 91.4 cm³/mol. The fourth-order valence-corrected chi connectivity index (χ4v) is 3.77. The van der Waals surface area contributed by atoms with Crippen molar-refractivity contribution in [1.29, 1.82) is 0 Å². The first-order chi connectivity index (χ1) is 10.6. The zero-order chi connectivity index (χ0) is 15.7. The number of hydrogen-bond donors (Lipinski definition) is 2. The van der Waals surface area contributed by atoms with E-state index in [0.717, 1.165) is 16.1 Å². The normalized spacial score (nSPS) is 12.9. The van der Waals surface area contributed by atoms with Crippen LogP contribution in [0.25, 0.3) is 10.1 Å². The average Bonchev–Trinajstić information content (AvgIpc) is 3.03. The van der Waals surface area contributed by atoms with E-state index in [9.17, 15) is 5.11 Å². The minimum absolute atomic E-state index is 0.484. The molecule has 22 heavy (non-hydrogen) atoms. The van der Waals surface area contributed by atoms with Crippen LogP contribution in [-0.2, 0) is 13.6 Å². The second kappa shape index (κ2) is 6.38. The molecule has 0 saturated carbocycles. The van der Waals surface area contributed by atoms with Gasteiger partial charge in [-0.1, -0.05) is 29.8 Å². The molecular weight excluding hydrogens is 318 g/mol. The molecule has 6 heteroatoms. The van der Waals surface area contributed by atoms with E-state index in [1.807, 2.05) is 26.1 Å². The van der Waals surface area contributed by atoms with Crippen molar-refractivity contribution in [2.75, 3.05) is 6.54 Å². The van der Waals surface area contributed by atoms with E-state index in [2.05, 4.69) is 28.6 Å². The summed E-state index contributed by atoms with van der Waals surface area (Å²) in [5, 5.41) is 19.7. The van der Waals surface area contributed by atoms with Gasteiger partial charge in [-0.05, 0) is 24.4 Å². The molecule has 4 nitrogen and oxygen atoms in total. The summed E-state index contributed by atoms with van der Waals surface area (Å²) in [7, 11) is 1.82. The van der Waals surface area contributed by atoms with Crippen molar-refractivity contribution >= 4 is 33.0 Å². The first kappa shape index (κ1) is 15.5. The van der Waals surface area contributed by atoms with E-state index < -0.39 is 6.10 Å². The molecule has 2 aromatic heterocycles. The maximum atomic E-state index is 10.3. The molecule has 1 unspecified atom stereocenters. The standard InChI is InChI=1S/C16H18ClN3OS/c1-10-12(16(17)20(2)19-10)8-18-9-13(21)15-7-11-5-3-4-6-14(11)22-15/h3-7,13,18,21H,8-9H2,1-2H3. The highest BCUT2D eigenvalue weighted by molar-refractivity contribution is 7.19. The second-order valence-corrected chi connectivity index (χ2v) is 6.79. The van der Waals surface area contributed by atoms with Crippen LogP contribution in [0, 0.1) is 6.92 Å². The number of benzene rings is 1. The Kier molecular flexibility index (Phi) is 4.49. The molecule has 0 radical (unpaired) electrons. The minimum Gasteiger partial charge on any atom is -0.386 e. The molecule has 2 heterocycles. The van der Waals surface area contributed by atoms with Gasteiger partial charge in [0.1, 0.15) is 11.3 Å². The third-order valence-electron chi connectivity index (χ3n) is 3.68. The van der Waals surface area contributed by atoms with Gasteiger partial charge in [0.2, 0.25) is 0 Å². The van der Waals surface area contributed by atoms with Crippen LogP contribution >= 0.6 is 22.9 Å². The number of rotatable bonds is 5. The van der Waals surface area contributed by atoms with Crippen LogP contribution in [0.4, 0.5) is 0 Å². The van der Waals surface area contributed by atoms with Gasteiger partial charge in [0.05, 0.1) is 5.69 Å². The Morgan fingerprint density at radius 2 is 2.18 bits per heavy atom. The molecule has 0 bridgehead atoms. The van der Waals surface area contributed by atoms with Crippen LogP contribution in [0.5, 0.6) is 0 Å². The summed E-state index contributed by atoms with van der Waals surface area (Å²) in [5.74, 6) is 0. The Hall–Kier alpha value is -1.40. The number of nitrogens with zero attached hydrogens (tertiary/aromatic N) is 2. The van der Waals surface area contributed by atoms with Gasteiger partial charge in [0.25, 0.3) is 0 Å². The van der Waals surface area contributed by atoms with Crippen LogP contribution in [0.2, 0.25) is 5.15 Å². The molecule has 0 amide bonds. The van der Waals surface area contributed by atoms with Crippen LogP contribution in [0.3, 0.4) is 0 Å². The largest absolute Gasteiger partial charge is 0.386 e. The summed E-state index contributed by atoms with van der Waals surface area (Å²) >= 11 is 7.83. The molecule has 0 aliphatic rings. The van der Waals surface area contributed by atoms with Gasteiger partial charge in [-0.15, -0.1) is 11.3 Å². The van der Waals surface area contributed by atoms with Crippen molar-refractivity contribution in [1.82, 2.24) is 15.1 Å². The summed E-state index contributed by atoms with van der Waals surface area (Å²) in [6.07, 6.45) is -0.520.